The highest BCUT2D eigenvalue weighted by Crippen LogP contribution is 2.44. The first kappa shape index (κ1) is 33.6. The maximum Gasteiger partial charge on any atom is 0.416 e. The number of nitrogens with zero attached hydrogens (tertiary/aromatic N) is 3. The molecule has 3 aliphatic heterocycles. The molecule has 0 bridgehead atoms. The molecule has 1 aliphatic carbocycles. The number of alkyl halides is 3. The Morgan fingerprint density at radius 3 is 2.21 bits per heavy atom. The van der Waals surface area contributed by atoms with Crippen LogP contribution in [0.4, 0.5) is 18.9 Å². The number of likely N-dealkylation sites (tertiary alicyclic amines) is 2. The van der Waals surface area contributed by atoms with E-state index in [1.807, 2.05) is 21.9 Å². The smallest absolute Gasteiger partial charge is 0.416 e. The highest BCUT2D eigenvalue weighted by molar-refractivity contribution is 5.81. The number of benzene rings is 2. The van der Waals surface area contributed by atoms with Crippen LogP contribution in [-0.4, -0.2) is 92.9 Å². The maximum atomic E-state index is 14.5. The van der Waals surface area contributed by atoms with Gasteiger partial charge < -0.3 is 24.4 Å². The molecule has 1 N–H and O–H groups in total. The highest BCUT2D eigenvalue weighted by atomic mass is 19.4. The Morgan fingerprint density at radius 1 is 0.894 bits per heavy atom. The van der Waals surface area contributed by atoms with Crippen LogP contribution in [0.25, 0.3) is 0 Å². The van der Waals surface area contributed by atoms with Gasteiger partial charge in [-0.1, -0.05) is 31.0 Å². The average Bonchev–Trinajstić information content (AvgIpc) is 3.85. The molecule has 3 saturated heterocycles. The molecule has 4 fully saturated rings. The first-order chi connectivity index (χ1) is 22.6. The largest absolute Gasteiger partial charge is 0.497 e. The van der Waals surface area contributed by atoms with Crippen molar-refractivity contribution in [2.45, 2.75) is 62.6 Å². The first-order valence-electron chi connectivity index (χ1n) is 16.9. The predicted molar refractivity (Wildman–Crippen MR) is 172 cm³/mol. The molecule has 11 heteroatoms. The number of methoxy groups -OCH3 is 2. The summed E-state index contributed by atoms with van der Waals surface area (Å²) in [6.45, 7) is 3.47. The van der Waals surface area contributed by atoms with Gasteiger partial charge in [-0.15, -0.1) is 0 Å². The van der Waals surface area contributed by atoms with Crippen molar-refractivity contribution in [2.24, 2.45) is 17.8 Å². The van der Waals surface area contributed by atoms with Gasteiger partial charge in [-0.25, -0.2) is 0 Å². The number of ether oxygens (including phenoxy) is 2. The molecule has 0 aromatic heterocycles. The van der Waals surface area contributed by atoms with Gasteiger partial charge in [0.15, 0.2) is 0 Å². The molecular weight excluding hydrogens is 611 g/mol. The standard InChI is InChI=1S/C36H46F3N3O5/c1-46-22-25-18-42(34(43)32-21-41(27-5-3-4-6-27)19-30(32)23-7-10-28(47-2)11-8-23)20-31(25)29-12-9-26(36(37,38)39)17-33(29)40-15-13-24(14-16-40)35(44)45/h7-12,17,24-25,27,30-32H,3-6,13-16,18-22H2,1-2H3,(H,44,45)/t25-,30-,31+,32+/m0/s1. The van der Waals surface area contributed by atoms with E-state index in [4.69, 9.17) is 9.47 Å². The molecule has 2 aromatic rings. The number of rotatable bonds is 9. The van der Waals surface area contributed by atoms with Crippen LogP contribution >= 0.6 is 0 Å². The van der Waals surface area contributed by atoms with Crippen LogP contribution in [0.3, 0.4) is 0 Å². The quantitative estimate of drug-likeness (QED) is 0.362. The molecule has 256 valence electrons. The topological polar surface area (TPSA) is 82.6 Å². The second-order valence-corrected chi connectivity index (χ2v) is 13.8. The van der Waals surface area contributed by atoms with Crippen molar-refractivity contribution in [1.29, 1.82) is 0 Å². The fourth-order valence-corrected chi connectivity index (χ4v) is 8.54. The SMILES string of the molecule is COC[C@@H]1CN(C(=O)[C@@H]2CN(C3CCCC3)C[C@H]2c2ccc(OC)cc2)C[C@H]1c1ccc(C(F)(F)F)cc1N1CCC(C(=O)O)CC1. The van der Waals surface area contributed by atoms with Gasteiger partial charge in [0.25, 0.3) is 0 Å². The number of halogens is 3. The van der Waals surface area contributed by atoms with Gasteiger partial charge in [0.05, 0.1) is 31.1 Å². The summed E-state index contributed by atoms with van der Waals surface area (Å²) in [5, 5.41) is 9.50. The summed E-state index contributed by atoms with van der Waals surface area (Å²) in [7, 11) is 3.25. The van der Waals surface area contributed by atoms with Crippen LogP contribution in [0.15, 0.2) is 42.5 Å². The predicted octanol–water partition coefficient (Wildman–Crippen LogP) is 5.86. The van der Waals surface area contributed by atoms with Gasteiger partial charge in [-0.05, 0) is 61.1 Å². The molecule has 0 unspecified atom stereocenters. The Bertz CT molecular complexity index is 1410. The van der Waals surface area contributed by atoms with Crippen LogP contribution in [0.2, 0.25) is 0 Å². The van der Waals surface area contributed by atoms with E-state index >= 15 is 0 Å². The fourth-order valence-electron chi connectivity index (χ4n) is 8.54. The molecule has 1 amide bonds. The number of hydrogen-bond donors (Lipinski definition) is 1. The van der Waals surface area contributed by atoms with Gasteiger partial charge >= 0.3 is 12.1 Å². The van der Waals surface area contributed by atoms with E-state index in [0.29, 0.717) is 63.9 Å². The number of hydrogen-bond acceptors (Lipinski definition) is 6. The van der Waals surface area contributed by atoms with Crippen LogP contribution in [0.1, 0.15) is 67.1 Å². The summed E-state index contributed by atoms with van der Waals surface area (Å²) >= 11 is 0. The lowest BCUT2D eigenvalue weighted by molar-refractivity contribution is -0.142. The van der Waals surface area contributed by atoms with E-state index in [-0.39, 0.29) is 29.6 Å². The lowest BCUT2D eigenvalue weighted by Gasteiger charge is -2.35. The lowest BCUT2D eigenvalue weighted by Crippen LogP contribution is -2.39. The molecule has 1 saturated carbocycles. The second-order valence-electron chi connectivity index (χ2n) is 13.8. The van der Waals surface area contributed by atoms with Gasteiger partial charge in [0.2, 0.25) is 5.91 Å². The number of amides is 1. The lowest BCUT2D eigenvalue weighted by atomic mass is 9.86. The zero-order valence-corrected chi connectivity index (χ0v) is 27.3. The fraction of sp³-hybridized carbons (Fsp3) is 0.611. The van der Waals surface area contributed by atoms with Crippen molar-refractivity contribution < 1.29 is 37.3 Å². The number of carboxylic acids is 1. The summed E-state index contributed by atoms with van der Waals surface area (Å²) in [4.78, 5) is 32.4. The Kier molecular flexibility index (Phi) is 10.0. The number of piperidine rings is 1. The van der Waals surface area contributed by atoms with E-state index in [9.17, 15) is 27.9 Å². The van der Waals surface area contributed by atoms with Gasteiger partial charge in [-0.3, -0.25) is 14.5 Å². The van der Waals surface area contributed by atoms with Crippen molar-refractivity contribution in [2.75, 3.05) is 65.0 Å². The Labute approximate surface area is 274 Å². The Balaban J connectivity index is 1.28. The Morgan fingerprint density at radius 2 is 1.60 bits per heavy atom. The molecule has 0 radical (unpaired) electrons. The summed E-state index contributed by atoms with van der Waals surface area (Å²) < 4.78 is 52.8. The molecule has 4 aliphatic rings. The van der Waals surface area contributed by atoms with Gasteiger partial charge in [0.1, 0.15) is 5.75 Å². The summed E-state index contributed by atoms with van der Waals surface area (Å²) in [5.41, 5.74) is 1.62. The van der Waals surface area contributed by atoms with Crippen molar-refractivity contribution in [3.05, 3.63) is 59.2 Å². The second kappa shape index (κ2) is 14.0. The van der Waals surface area contributed by atoms with E-state index in [2.05, 4.69) is 17.0 Å². The van der Waals surface area contributed by atoms with Gasteiger partial charge in [-0.2, -0.15) is 13.2 Å². The molecule has 2 aromatic carbocycles. The molecule has 47 heavy (non-hydrogen) atoms. The molecule has 6 rings (SSSR count). The van der Waals surface area contributed by atoms with Crippen LogP contribution in [-0.2, 0) is 20.5 Å². The van der Waals surface area contributed by atoms with Crippen LogP contribution < -0.4 is 9.64 Å². The Hall–Kier alpha value is -3.31. The highest BCUT2D eigenvalue weighted by Gasteiger charge is 2.46. The third-order valence-electron chi connectivity index (χ3n) is 11.1. The van der Waals surface area contributed by atoms with Crippen molar-refractivity contribution in [1.82, 2.24) is 9.80 Å². The minimum Gasteiger partial charge on any atom is -0.497 e. The summed E-state index contributed by atoms with van der Waals surface area (Å²) in [6.07, 6.45) is 0.949. The number of carbonyl (C=O) groups excluding carboxylic acids is 1. The molecule has 4 atom stereocenters. The average molecular weight is 658 g/mol. The molecule has 0 spiro atoms. The third kappa shape index (κ3) is 7.11. The van der Waals surface area contributed by atoms with Gasteiger partial charge in [0, 0.05) is 75.9 Å². The minimum atomic E-state index is -4.51. The maximum absolute atomic E-state index is 14.5. The van der Waals surface area contributed by atoms with Crippen LogP contribution in [0, 0.1) is 17.8 Å². The molecule has 8 nitrogen and oxygen atoms in total. The number of carboxylic acid groups (broad SMARTS) is 1. The number of aliphatic carboxylic acids is 1. The van der Waals surface area contributed by atoms with Crippen LogP contribution in [0.5, 0.6) is 5.75 Å². The normalized spacial score (nSPS) is 26.3. The molecule has 3 heterocycles. The third-order valence-corrected chi connectivity index (χ3v) is 11.1. The summed E-state index contributed by atoms with van der Waals surface area (Å²) in [5.74, 6) is -1.03. The monoisotopic (exact) mass is 657 g/mol. The van der Waals surface area contributed by atoms with Crippen molar-refractivity contribution in [3.63, 3.8) is 0 Å². The van der Waals surface area contributed by atoms with Crippen molar-refractivity contribution >= 4 is 17.6 Å². The van der Waals surface area contributed by atoms with E-state index in [1.165, 1.54) is 18.9 Å². The van der Waals surface area contributed by atoms with E-state index in [0.717, 1.165) is 42.3 Å². The first-order valence-corrected chi connectivity index (χ1v) is 16.9. The number of anilines is 1. The number of carbonyl (C=O) groups is 2. The zero-order chi connectivity index (χ0) is 33.3. The molecular formula is C36H46F3N3O5. The summed E-state index contributed by atoms with van der Waals surface area (Å²) in [6, 6.07) is 12.4. The minimum absolute atomic E-state index is 0.0334. The van der Waals surface area contributed by atoms with E-state index < -0.39 is 23.6 Å². The zero-order valence-electron chi connectivity index (χ0n) is 27.3. The van der Waals surface area contributed by atoms with E-state index in [1.54, 1.807) is 20.3 Å². The van der Waals surface area contributed by atoms with Crippen molar-refractivity contribution in [3.8, 4) is 5.75 Å².